The van der Waals surface area contributed by atoms with Crippen LogP contribution in [0.3, 0.4) is 0 Å². The normalized spacial score (nSPS) is 20.5. The lowest BCUT2D eigenvalue weighted by molar-refractivity contribution is 0.412. The highest BCUT2D eigenvalue weighted by molar-refractivity contribution is 14.0. The maximum atomic E-state index is 5.95. The summed E-state index contributed by atoms with van der Waals surface area (Å²) >= 11 is 1.70. The third-order valence-electron chi connectivity index (χ3n) is 3.91. The largest absolute Gasteiger partial charge is 0.370 e. The molecule has 0 bridgehead atoms. The third kappa shape index (κ3) is 4.58. The Kier molecular flexibility index (Phi) is 6.07. The van der Waals surface area contributed by atoms with E-state index in [9.17, 15) is 0 Å². The van der Waals surface area contributed by atoms with Gasteiger partial charge in [-0.3, -0.25) is 0 Å². The number of nitrogens with one attached hydrogen (secondary N) is 1. The monoisotopic (exact) mass is 406 g/mol. The van der Waals surface area contributed by atoms with Crippen molar-refractivity contribution >= 4 is 41.3 Å². The van der Waals surface area contributed by atoms with Crippen LogP contribution in [0.15, 0.2) is 10.4 Å². The molecule has 2 saturated carbocycles. The van der Waals surface area contributed by atoms with Gasteiger partial charge in [0.15, 0.2) is 5.96 Å². The Labute approximate surface area is 141 Å². The zero-order valence-corrected chi connectivity index (χ0v) is 14.8. The van der Waals surface area contributed by atoms with E-state index in [2.05, 4.69) is 20.7 Å². The number of nitrogens with zero attached hydrogens (tertiary/aromatic N) is 2. The van der Waals surface area contributed by atoms with Crippen LogP contribution in [0.4, 0.5) is 0 Å². The van der Waals surface area contributed by atoms with Gasteiger partial charge < -0.3 is 11.1 Å². The van der Waals surface area contributed by atoms with Gasteiger partial charge in [0.25, 0.3) is 0 Å². The molecule has 0 radical (unpaired) electrons. The molecule has 2 aliphatic rings. The van der Waals surface area contributed by atoms with Gasteiger partial charge in [0.05, 0.1) is 12.2 Å². The van der Waals surface area contributed by atoms with Crippen LogP contribution in [0.25, 0.3) is 0 Å². The molecule has 6 heteroatoms. The quantitative estimate of drug-likeness (QED) is 0.458. The second-order valence-electron chi connectivity index (χ2n) is 5.62. The third-order valence-corrected chi connectivity index (χ3v) is 4.76. The fraction of sp³-hybridized carbons (Fsp3) is 0.714. The first-order valence-electron chi connectivity index (χ1n) is 7.32. The highest BCUT2D eigenvalue weighted by Crippen LogP contribution is 2.40. The molecule has 3 N–H and O–H groups in total. The van der Waals surface area contributed by atoms with Crippen LogP contribution in [-0.2, 0) is 6.54 Å². The van der Waals surface area contributed by atoms with E-state index in [0.29, 0.717) is 18.5 Å². The first-order valence-corrected chi connectivity index (χ1v) is 8.20. The molecule has 2 fully saturated rings. The Morgan fingerprint density at radius 2 is 2.05 bits per heavy atom. The molecule has 0 aliphatic heterocycles. The van der Waals surface area contributed by atoms with Crippen LogP contribution in [0.2, 0.25) is 0 Å². The van der Waals surface area contributed by atoms with Gasteiger partial charge in [0.1, 0.15) is 5.01 Å². The number of hydrogen-bond donors (Lipinski definition) is 2. The van der Waals surface area contributed by atoms with Crippen LogP contribution < -0.4 is 11.1 Å². The molecule has 1 heterocycles. The summed E-state index contributed by atoms with van der Waals surface area (Å²) in [7, 11) is 0. The summed E-state index contributed by atoms with van der Waals surface area (Å²) < 4.78 is 0. The molecule has 3 rings (SSSR count). The number of rotatable bonds is 4. The van der Waals surface area contributed by atoms with E-state index in [1.54, 1.807) is 11.3 Å². The highest BCUT2D eigenvalue weighted by atomic mass is 127. The number of halogens is 1. The lowest BCUT2D eigenvalue weighted by Crippen LogP contribution is -2.41. The molecule has 0 spiro atoms. The Morgan fingerprint density at radius 1 is 1.30 bits per heavy atom. The van der Waals surface area contributed by atoms with Crippen molar-refractivity contribution in [1.82, 2.24) is 10.3 Å². The molecule has 0 saturated heterocycles. The zero-order valence-electron chi connectivity index (χ0n) is 11.7. The summed E-state index contributed by atoms with van der Waals surface area (Å²) in [4.78, 5) is 9.03. The van der Waals surface area contributed by atoms with Crippen LogP contribution in [0.1, 0.15) is 61.6 Å². The van der Waals surface area contributed by atoms with Crippen molar-refractivity contribution in [1.29, 1.82) is 0 Å². The summed E-state index contributed by atoms with van der Waals surface area (Å²) in [5.41, 5.74) is 7.21. The summed E-state index contributed by atoms with van der Waals surface area (Å²) in [6.45, 7) is 0.614. The molecule has 2 aliphatic carbocycles. The molecule has 1 aromatic heterocycles. The Hall–Kier alpha value is -0.370. The maximum Gasteiger partial charge on any atom is 0.189 e. The van der Waals surface area contributed by atoms with E-state index >= 15 is 0 Å². The molecule has 4 nitrogen and oxygen atoms in total. The first-order chi connectivity index (χ1) is 9.31. The van der Waals surface area contributed by atoms with Crippen molar-refractivity contribution in [2.75, 3.05) is 0 Å². The second-order valence-corrected chi connectivity index (χ2v) is 6.56. The Balaban J connectivity index is 0.00000147. The number of thiazole rings is 1. The predicted octanol–water partition coefficient (Wildman–Crippen LogP) is 3.38. The van der Waals surface area contributed by atoms with Crippen molar-refractivity contribution in [3.8, 4) is 0 Å². The molecule has 0 amide bonds. The lowest BCUT2D eigenvalue weighted by atomic mass is 9.96. The summed E-state index contributed by atoms with van der Waals surface area (Å²) in [5, 5.41) is 6.59. The van der Waals surface area contributed by atoms with Crippen molar-refractivity contribution < 1.29 is 0 Å². The number of hydrogen-bond acceptors (Lipinski definition) is 3. The number of guanidine groups is 1. The van der Waals surface area contributed by atoms with E-state index in [0.717, 1.165) is 10.9 Å². The smallest absolute Gasteiger partial charge is 0.189 e. The number of nitrogens with two attached hydrogens (primary N) is 1. The van der Waals surface area contributed by atoms with Gasteiger partial charge in [-0.1, -0.05) is 19.3 Å². The maximum absolute atomic E-state index is 5.95. The van der Waals surface area contributed by atoms with E-state index < -0.39 is 0 Å². The lowest BCUT2D eigenvalue weighted by Gasteiger charge is -2.23. The van der Waals surface area contributed by atoms with E-state index in [1.165, 1.54) is 50.6 Å². The molecular weight excluding hydrogens is 383 g/mol. The fourth-order valence-electron chi connectivity index (χ4n) is 2.62. The fourth-order valence-corrected chi connectivity index (χ4v) is 3.42. The second kappa shape index (κ2) is 7.59. The van der Waals surface area contributed by atoms with Gasteiger partial charge in [-0.2, -0.15) is 0 Å². The van der Waals surface area contributed by atoms with Crippen LogP contribution in [0, 0.1) is 0 Å². The van der Waals surface area contributed by atoms with Gasteiger partial charge >= 0.3 is 0 Å². The Morgan fingerprint density at radius 3 is 2.75 bits per heavy atom. The van der Waals surface area contributed by atoms with Gasteiger partial charge in [0.2, 0.25) is 0 Å². The van der Waals surface area contributed by atoms with Gasteiger partial charge in [-0.05, 0) is 25.7 Å². The highest BCUT2D eigenvalue weighted by Gasteiger charge is 2.25. The minimum absolute atomic E-state index is 0. The van der Waals surface area contributed by atoms with Crippen LogP contribution in [-0.4, -0.2) is 17.0 Å². The number of aliphatic imine (C=N–C) groups is 1. The first kappa shape index (κ1) is 16.0. The minimum Gasteiger partial charge on any atom is -0.370 e. The van der Waals surface area contributed by atoms with E-state index in [4.69, 9.17) is 5.73 Å². The summed E-state index contributed by atoms with van der Waals surface area (Å²) in [5.74, 6) is 1.31. The van der Waals surface area contributed by atoms with E-state index in [1.807, 2.05) is 0 Å². The van der Waals surface area contributed by atoms with Crippen molar-refractivity contribution in [3.63, 3.8) is 0 Å². The molecule has 0 atom stereocenters. The molecule has 1 aromatic rings. The van der Waals surface area contributed by atoms with Gasteiger partial charge in [-0.15, -0.1) is 35.3 Å². The standard InChI is InChI=1S/C14H22N4S.HI/c15-14(17-11-4-2-1-3-5-11)16-8-13-18-12(9-19-13)10-6-7-10;/h9-11H,1-8H2,(H3,15,16,17);1H. The molecule has 112 valence electrons. The van der Waals surface area contributed by atoms with Gasteiger partial charge in [-0.25, -0.2) is 9.98 Å². The summed E-state index contributed by atoms with van der Waals surface area (Å²) in [6.07, 6.45) is 9.02. The topological polar surface area (TPSA) is 63.3 Å². The number of aromatic nitrogens is 1. The minimum atomic E-state index is 0. The van der Waals surface area contributed by atoms with Crippen LogP contribution >= 0.6 is 35.3 Å². The average Bonchev–Trinajstić information content (AvgIpc) is 3.17. The van der Waals surface area contributed by atoms with E-state index in [-0.39, 0.29) is 24.0 Å². The van der Waals surface area contributed by atoms with Crippen molar-refractivity contribution in [2.45, 2.75) is 63.5 Å². The van der Waals surface area contributed by atoms with Crippen molar-refractivity contribution in [2.24, 2.45) is 10.7 Å². The van der Waals surface area contributed by atoms with Crippen molar-refractivity contribution in [3.05, 3.63) is 16.1 Å². The molecule has 0 unspecified atom stereocenters. The Bertz CT molecular complexity index is 450. The molecule has 20 heavy (non-hydrogen) atoms. The molecular formula is C14H23IN4S. The molecule has 0 aromatic carbocycles. The summed E-state index contributed by atoms with van der Waals surface area (Å²) in [6, 6.07) is 0.524. The average molecular weight is 406 g/mol. The predicted molar refractivity (Wildman–Crippen MR) is 94.8 cm³/mol. The zero-order chi connectivity index (χ0) is 13.1. The van der Waals surface area contributed by atoms with Gasteiger partial charge in [0, 0.05) is 17.3 Å². The van der Waals surface area contributed by atoms with Crippen LogP contribution in [0.5, 0.6) is 0 Å². The SMILES string of the molecule is I.NC(=NCc1nc(C2CC2)cs1)NC1CCCCC1.